The van der Waals surface area contributed by atoms with Gasteiger partial charge in [-0.25, -0.2) is 4.98 Å². The van der Waals surface area contributed by atoms with E-state index >= 15 is 0 Å². The Bertz CT molecular complexity index is 352. The highest BCUT2D eigenvalue weighted by molar-refractivity contribution is 5.28. The maximum Gasteiger partial charge on any atom is 0.0926 e. The van der Waals surface area contributed by atoms with Gasteiger partial charge in [0.2, 0.25) is 0 Å². The predicted octanol–water partition coefficient (Wildman–Crippen LogP) is -0.929. The van der Waals surface area contributed by atoms with Crippen molar-refractivity contribution < 1.29 is 0 Å². The van der Waals surface area contributed by atoms with Crippen LogP contribution in [-0.4, -0.2) is 35.6 Å². The van der Waals surface area contributed by atoms with E-state index in [9.17, 15) is 0 Å². The van der Waals surface area contributed by atoms with Gasteiger partial charge in [0, 0.05) is 31.2 Å². The van der Waals surface area contributed by atoms with Crippen LogP contribution in [0.2, 0.25) is 0 Å². The van der Waals surface area contributed by atoms with Gasteiger partial charge in [0.25, 0.3) is 0 Å². The average Bonchev–Trinajstić information content (AvgIpc) is 2.87. The molecule has 3 heterocycles. The third-order valence-electron chi connectivity index (χ3n) is 3.54. The fraction of sp³-hybridized carbons (Fsp3) is 0.700. The Morgan fingerprint density at radius 2 is 2.53 bits per heavy atom. The molecule has 2 unspecified atom stereocenters. The molecule has 2 aliphatic rings. The van der Waals surface area contributed by atoms with E-state index in [2.05, 4.69) is 20.6 Å². The molecule has 0 saturated carbocycles. The fourth-order valence-electron chi connectivity index (χ4n) is 2.81. The van der Waals surface area contributed by atoms with E-state index in [1.54, 1.807) is 6.33 Å². The van der Waals surface area contributed by atoms with Crippen LogP contribution in [0.5, 0.6) is 0 Å². The molecule has 0 bridgehead atoms. The van der Waals surface area contributed by atoms with Crippen LogP contribution in [0.15, 0.2) is 6.33 Å². The monoisotopic (exact) mass is 207 g/mol. The van der Waals surface area contributed by atoms with Crippen LogP contribution < -0.4 is 16.4 Å². The lowest BCUT2D eigenvalue weighted by atomic mass is 9.85. The summed E-state index contributed by atoms with van der Waals surface area (Å²) in [5.41, 5.74) is 8.24. The van der Waals surface area contributed by atoms with Gasteiger partial charge in [0.05, 0.1) is 17.6 Å². The van der Waals surface area contributed by atoms with Crippen LogP contribution >= 0.6 is 0 Å². The summed E-state index contributed by atoms with van der Waals surface area (Å²) in [6.07, 6.45) is 3.86. The summed E-state index contributed by atoms with van der Waals surface area (Å²) in [7, 11) is 0. The lowest BCUT2D eigenvalue weighted by Crippen LogP contribution is -2.56. The van der Waals surface area contributed by atoms with Gasteiger partial charge in [0.15, 0.2) is 0 Å². The molecule has 1 spiro atoms. The Hall–Kier alpha value is -0.910. The van der Waals surface area contributed by atoms with Gasteiger partial charge < -0.3 is 21.4 Å². The Morgan fingerprint density at radius 3 is 3.27 bits per heavy atom. The quantitative estimate of drug-likeness (QED) is 0.480. The van der Waals surface area contributed by atoms with E-state index in [1.165, 1.54) is 11.4 Å². The molecule has 1 aromatic heterocycles. The zero-order chi connectivity index (χ0) is 10.3. The number of rotatable bonds is 1. The van der Waals surface area contributed by atoms with Crippen LogP contribution in [0.3, 0.4) is 0 Å². The van der Waals surface area contributed by atoms with Crippen LogP contribution in [-0.2, 0) is 12.0 Å². The number of nitrogens with two attached hydrogens (primary N) is 1. The first-order chi connectivity index (χ1) is 7.34. The standard InChI is InChI=1S/C10H17N5/c11-4-7-3-8-9(14-6-13-8)10(15-7)1-2-12-5-10/h6-7,12,15H,1-5,11H2,(H,13,14). The van der Waals surface area contributed by atoms with E-state index < -0.39 is 0 Å². The van der Waals surface area contributed by atoms with Crippen LogP contribution in [0.1, 0.15) is 17.8 Å². The van der Waals surface area contributed by atoms with E-state index in [1.807, 2.05) is 0 Å². The van der Waals surface area contributed by atoms with Crippen molar-refractivity contribution in [3.05, 3.63) is 17.7 Å². The minimum absolute atomic E-state index is 0.0254. The number of hydrogen-bond donors (Lipinski definition) is 4. The normalized spacial score (nSPS) is 34.6. The molecule has 15 heavy (non-hydrogen) atoms. The Morgan fingerprint density at radius 1 is 1.60 bits per heavy atom. The lowest BCUT2D eigenvalue weighted by molar-refractivity contribution is 0.281. The van der Waals surface area contributed by atoms with Crippen molar-refractivity contribution in [2.45, 2.75) is 24.4 Å². The predicted molar refractivity (Wildman–Crippen MR) is 57.4 cm³/mol. The van der Waals surface area contributed by atoms with Crippen molar-refractivity contribution in [1.82, 2.24) is 20.6 Å². The number of hydrogen-bond acceptors (Lipinski definition) is 4. The zero-order valence-electron chi connectivity index (χ0n) is 8.71. The number of H-pyrrole nitrogens is 1. The molecule has 5 N–H and O–H groups in total. The van der Waals surface area contributed by atoms with Gasteiger partial charge in [-0.1, -0.05) is 0 Å². The second-order valence-electron chi connectivity index (χ2n) is 4.52. The third-order valence-corrected chi connectivity index (χ3v) is 3.54. The molecule has 0 amide bonds. The Labute approximate surface area is 88.8 Å². The van der Waals surface area contributed by atoms with Gasteiger partial charge in [-0.05, 0) is 13.0 Å². The Kier molecular flexibility index (Phi) is 2.05. The summed E-state index contributed by atoms with van der Waals surface area (Å²) < 4.78 is 0. The summed E-state index contributed by atoms with van der Waals surface area (Å²) in [5, 5.41) is 7.05. The second-order valence-corrected chi connectivity index (χ2v) is 4.52. The molecule has 1 fully saturated rings. The molecular formula is C10H17N5. The molecule has 3 rings (SSSR count). The van der Waals surface area contributed by atoms with Crippen molar-refractivity contribution in [1.29, 1.82) is 0 Å². The molecule has 2 aliphatic heterocycles. The van der Waals surface area contributed by atoms with Gasteiger partial charge >= 0.3 is 0 Å². The van der Waals surface area contributed by atoms with Gasteiger partial charge in [-0.3, -0.25) is 0 Å². The minimum atomic E-state index is 0.0254. The van der Waals surface area contributed by atoms with E-state index in [4.69, 9.17) is 5.73 Å². The first-order valence-electron chi connectivity index (χ1n) is 5.55. The van der Waals surface area contributed by atoms with Crippen molar-refractivity contribution in [2.24, 2.45) is 5.73 Å². The van der Waals surface area contributed by atoms with Crippen molar-refractivity contribution in [3.63, 3.8) is 0 Å². The number of aromatic nitrogens is 2. The zero-order valence-corrected chi connectivity index (χ0v) is 8.71. The number of nitrogens with zero attached hydrogens (tertiary/aromatic N) is 1. The van der Waals surface area contributed by atoms with Gasteiger partial charge in [0.1, 0.15) is 0 Å². The summed E-state index contributed by atoms with van der Waals surface area (Å²) in [5.74, 6) is 0. The fourth-order valence-corrected chi connectivity index (χ4v) is 2.81. The summed E-state index contributed by atoms with van der Waals surface area (Å²) in [6.45, 7) is 2.69. The highest BCUT2D eigenvalue weighted by Gasteiger charge is 2.43. The van der Waals surface area contributed by atoms with Crippen LogP contribution in [0.25, 0.3) is 0 Å². The van der Waals surface area contributed by atoms with Crippen LogP contribution in [0.4, 0.5) is 0 Å². The van der Waals surface area contributed by atoms with Gasteiger partial charge in [-0.15, -0.1) is 0 Å². The molecule has 0 radical (unpaired) electrons. The van der Waals surface area contributed by atoms with Gasteiger partial charge in [-0.2, -0.15) is 0 Å². The van der Waals surface area contributed by atoms with E-state index in [0.717, 1.165) is 25.9 Å². The molecule has 82 valence electrons. The lowest BCUT2D eigenvalue weighted by Gasteiger charge is -2.37. The molecule has 1 saturated heterocycles. The van der Waals surface area contributed by atoms with E-state index in [-0.39, 0.29) is 5.54 Å². The smallest absolute Gasteiger partial charge is 0.0926 e. The van der Waals surface area contributed by atoms with Crippen molar-refractivity contribution in [3.8, 4) is 0 Å². The maximum atomic E-state index is 5.76. The maximum absolute atomic E-state index is 5.76. The Balaban J connectivity index is 2.01. The average molecular weight is 207 g/mol. The van der Waals surface area contributed by atoms with Crippen LogP contribution in [0, 0.1) is 0 Å². The first kappa shape index (κ1) is 9.33. The molecule has 1 aromatic rings. The van der Waals surface area contributed by atoms with E-state index in [0.29, 0.717) is 12.6 Å². The molecule has 0 aromatic carbocycles. The minimum Gasteiger partial charge on any atom is -0.348 e. The highest BCUT2D eigenvalue weighted by Crippen LogP contribution is 2.32. The van der Waals surface area contributed by atoms with Crippen molar-refractivity contribution >= 4 is 0 Å². The third kappa shape index (κ3) is 1.31. The second kappa shape index (κ2) is 3.30. The number of imidazole rings is 1. The number of fused-ring (bicyclic) bond motifs is 2. The molecule has 0 aliphatic carbocycles. The largest absolute Gasteiger partial charge is 0.348 e. The molecule has 2 atom stereocenters. The summed E-state index contributed by atoms with van der Waals surface area (Å²) in [6, 6.07) is 0.373. The first-order valence-corrected chi connectivity index (χ1v) is 5.55. The molecular weight excluding hydrogens is 190 g/mol. The summed E-state index contributed by atoms with van der Waals surface area (Å²) in [4.78, 5) is 7.70. The topological polar surface area (TPSA) is 78.8 Å². The molecule has 5 heteroatoms. The van der Waals surface area contributed by atoms with Crippen molar-refractivity contribution in [2.75, 3.05) is 19.6 Å². The SMILES string of the molecule is NCC1Cc2[nH]cnc2C2(CCNC2)N1. The highest BCUT2D eigenvalue weighted by atomic mass is 15.2. The summed E-state index contributed by atoms with van der Waals surface area (Å²) >= 11 is 0. The number of aromatic amines is 1. The number of nitrogens with one attached hydrogen (secondary N) is 3. The molecule has 5 nitrogen and oxygen atoms in total.